The van der Waals surface area contributed by atoms with Crippen molar-refractivity contribution in [3.63, 3.8) is 0 Å². The van der Waals surface area contributed by atoms with Crippen LogP contribution in [-0.2, 0) is 0 Å². The lowest BCUT2D eigenvalue weighted by Crippen LogP contribution is -2.18. The highest BCUT2D eigenvalue weighted by atomic mass is 32.1. The third-order valence-electron chi connectivity index (χ3n) is 3.99. The van der Waals surface area contributed by atoms with Crippen LogP contribution in [0, 0.1) is 0 Å². The van der Waals surface area contributed by atoms with Crippen LogP contribution in [0.5, 0.6) is 5.75 Å². The van der Waals surface area contributed by atoms with Gasteiger partial charge in [0.05, 0.1) is 29.2 Å². The number of nitrogens with zero attached hydrogens (tertiary/aromatic N) is 3. The molecule has 1 aromatic heterocycles. The first-order chi connectivity index (χ1) is 13.8. The van der Waals surface area contributed by atoms with Gasteiger partial charge in [-0.25, -0.2) is 9.98 Å². The van der Waals surface area contributed by atoms with Crippen LogP contribution in [0.3, 0.4) is 0 Å². The highest BCUT2D eigenvalue weighted by molar-refractivity contribution is 7.20. The number of aromatic nitrogens is 1. The number of methoxy groups -OCH3 is 1. The Hall–Kier alpha value is -3.51. The second kappa shape index (κ2) is 8.45. The second-order valence-electron chi connectivity index (χ2n) is 5.93. The molecular weight excluding hydrogens is 368 g/mol. The number of ether oxygens (including phenoxy) is 1. The van der Waals surface area contributed by atoms with E-state index in [2.05, 4.69) is 16.6 Å². The van der Waals surface area contributed by atoms with Crippen LogP contribution < -0.4 is 10.2 Å². The predicted octanol–water partition coefficient (Wildman–Crippen LogP) is 5.01. The molecule has 0 radical (unpaired) electrons. The Morgan fingerprint density at radius 2 is 1.71 bits per heavy atom. The Labute approximate surface area is 167 Å². The molecule has 0 amide bonds. The number of benzene rings is 3. The van der Waals surface area contributed by atoms with Gasteiger partial charge in [0.15, 0.2) is 10.8 Å². The van der Waals surface area contributed by atoms with Gasteiger partial charge >= 0.3 is 0 Å². The van der Waals surface area contributed by atoms with Crippen molar-refractivity contribution < 1.29 is 4.74 Å². The maximum atomic E-state index is 5.18. The number of hydrogen-bond donors (Lipinski definition) is 1. The third-order valence-corrected chi connectivity index (χ3v) is 5.04. The average molecular weight is 386 g/mol. The van der Waals surface area contributed by atoms with Gasteiger partial charge in [-0.1, -0.05) is 30.3 Å². The molecule has 1 heterocycles. The standard InChI is InChI=1S/C22H18N4OS/c1-27-18-13-11-16(12-14-18)15-23-26-21(24-17-7-3-2-4-8-17)22-25-19-9-5-6-10-20(19)28-22/h2-15H,1H3,(H,24,26)/b23-15-. The summed E-state index contributed by atoms with van der Waals surface area (Å²) in [7, 11) is 1.65. The van der Waals surface area contributed by atoms with Crippen molar-refractivity contribution in [3.8, 4) is 5.75 Å². The number of thiazole rings is 1. The van der Waals surface area contributed by atoms with Crippen LogP contribution >= 0.6 is 11.3 Å². The molecule has 0 aliphatic carbocycles. The van der Waals surface area contributed by atoms with E-state index in [1.54, 1.807) is 24.7 Å². The smallest absolute Gasteiger partial charge is 0.183 e. The largest absolute Gasteiger partial charge is 0.497 e. The minimum atomic E-state index is 0.608. The summed E-state index contributed by atoms with van der Waals surface area (Å²) in [6.45, 7) is 0. The maximum absolute atomic E-state index is 5.18. The number of nitrogens with one attached hydrogen (secondary N) is 1. The molecule has 6 heteroatoms. The number of hydrogen-bond acceptors (Lipinski definition) is 5. The van der Waals surface area contributed by atoms with Gasteiger partial charge in [-0.3, -0.25) is 5.43 Å². The first-order valence-electron chi connectivity index (χ1n) is 8.74. The van der Waals surface area contributed by atoms with Crippen molar-refractivity contribution in [2.24, 2.45) is 10.1 Å². The number of rotatable bonds is 5. The number of para-hydroxylation sites is 2. The molecule has 4 rings (SSSR count). The monoisotopic (exact) mass is 386 g/mol. The van der Waals surface area contributed by atoms with E-state index in [1.165, 1.54) is 0 Å². The fourth-order valence-electron chi connectivity index (χ4n) is 2.58. The minimum Gasteiger partial charge on any atom is -0.497 e. The summed E-state index contributed by atoms with van der Waals surface area (Å²) in [5.74, 6) is 1.42. The predicted molar refractivity (Wildman–Crippen MR) is 116 cm³/mol. The van der Waals surface area contributed by atoms with Gasteiger partial charge in [-0.05, 0) is 54.1 Å². The zero-order chi connectivity index (χ0) is 19.2. The van der Waals surface area contributed by atoms with E-state index in [0.717, 1.165) is 32.2 Å². The van der Waals surface area contributed by atoms with Crippen LogP contribution in [0.15, 0.2) is 89.0 Å². The molecule has 0 saturated heterocycles. The molecule has 0 aliphatic heterocycles. The SMILES string of the molecule is COc1ccc(/C=N\NC(=Nc2ccccc2)c2nc3ccccc3s2)cc1. The molecule has 0 spiro atoms. The molecule has 28 heavy (non-hydrogen) atoms. The topological polar surface area (TPSA) is 58.9 Å². The molecule has 1 N–H and O–H groups in total. The van der Waals surface area contributed by atoms with Crippen molar-refractivity contribution in [2.45, 2.75) is 0 Å². The lowest BCUT2D eigenvalue weighted by molar-refractivity contribution is 0.415. The minimum absolute atomic E-state index is 0.608. The van der Waals surface area contributed by atoms with Gasteiger partial charge < -0.3 is 4.74 Å². The van der Waals surface area contributed by atoms with Crippen LogP contribution in [-0.4, -0.2) is 24.1 Å². The molecular formula is C22H18N4OS. The normalized spacial score (nSPS) is 11.8. The quantitative estimate of drug-likeness (QED) is 0.298. The molecule has 0 unspecified atom stereocenters. The fraction of sp³-hybridized carbons (Fsp3) is 0.0455. The van der Waals surface area contributed by atoms with Crippen molar-refractivity contribution in [3.05, 3.63) is 89.4 Å². The Morgan fingerprint density at radius 1 is 0.964 bits per heavy atom. The molecule has 5 nitrogen and oxygen atoms in total. The molecule has 138 valence electrons. The van der Waals surface area contributed by atoms with Crippen molar-refractivity contribution in [1.82, 2.24) is 10.4 Å². The number of hydrazone groups is 1. The maximum Gasteiger partial charge on any atom is 0.183 e. The molecule has 4 aromatic rings. The summed E-state index contributed by atoms with van der Waals surface area (Å²) in [4.78, 5) is 9.39. The van der Waals surface area contributed by atoms with E-state index in [0.29, 0.717) is 5.84 Å². The van der Waals surface area contributed by atoms with Gasteiger partial charge in [-0.2, -0.15) is 5.10 Å². The molecule has 0 atom stereocenters. The lowest BCUT2D eigenvalue weighted by atomic mass is 10.2. The van der Waals surface area contributed by atoms with Crippen molar-refractivity contribution >= 4 is 39.3 Å². The van der Waals surface area contributed by atoms with E-state index in [4.69, 9.17) is 14.7 Å². The summed E-state index contributed by atoms with van der Waals surface area (Å²) in [5, 5.41) is 5.15. The highest BCUT2D eigenvalue weighted by Crippen LogP contribution is 2.23. The van der Waals surface area contributed by atoms with E-state index in [9.17, 15) is 0 Å². The number of amidine groups is 1. The van der Waals surface area contributed by atoms with E-state index in [1.807, 2.05) is 72.8 Å². The summed E-state index contributed by atoms with van der Waals surface area (Å²) in [5.41, 5.74) is 5.80. The highest BCUT2D eigenvalue weighted by Gasteiger charge is 2.10. The summed E-state index contributed by atoms with van der Waals surface area (Å²) >= 11 is 1.58. The molecule has 0 bridgehead atoms. The van der Waals surface area contributed by atoms with Crippen LogP contribution in [0.2, 0.25) is 0 Å². The Bertz CT molecular complexity index is 1090. The summed E-state index contributed by atoms with van der Waals surface area (Å²) in [6.07, 6.45) is 1.74. The first-order valence-corrected chi connectivity index (χ1v) is 9.56. The molecule has 0 aliphatic rings. The van der Waals surface area contributed by atoms with E-state index < -0.39 is 0 Å². The van der Waals surface area contributed by atoms with Crippen LogP contribution in [0.4, 0.5) is 5.69 Å². The molecule has 3 aromatic carbocycles. The summed E-state index contributed by atoms with van der Waals surface area (Å²) < 4.78 is 6.29. The van der Waals surface area contributed by atoms with Gasteiger partial charge in [0.1, 0.15) is 5.75 Å². The zero-order valence-corrected chi connectivity index (χ0v) is 16.1. The zero-order valence-electron chi connectivity index (χ0n) is 15.2. The van der Waals surface area contributed by atoms with Crippen molar-refractivity contribution in [1.29, 1.82) is 0 Å². The van der Waals surface area contributed by atoms with Gasteiger partial charge in [0.25, 0.3) is 0 Å². The van der Waals surface area contributed by atoms with Crippen molar-refractivity contribution in [2.75, 3.05) is 7.11 Å². The Kier molecular flexibility index (Phi) is 5.40. The van der Waals surface area contributed by atoms with Crippen LogP contribution in [0.1, 0.15) is 10.6 Å². The van der Waals surface area contributed by atoms with E-state index >= 15 is 0 Å². The van der Waals surface area contributed by atoms with Gasteiger partial charge in [0, 0.05) is 0 Å². The van der Waals surface area contributed by atoms with Gasteiger partial charge in [0.2, 0.25) is 0 Å². The average Bonchev–Trinajstić information content (AvgIpc) is 3.18. The lowest BCUT2D eigenvalue weighted by Gasteiger charge is -2.03. The fourth-order valence-corrected chi connectivity index (χ4v) is 3.49. The first kappa shape index (κ1) is 17.9. The van der Waals surface area contributed by atoms with E-state index in [-0.39, 0.29) is 0 Å². The number of fused-ring (bicyclic) bond motifs is 1. The Morgan fingerprint density at radius 3 is 2.46 bits per heavy atom. The second-order valence-corrected chi connectivity index (χ2v) is 6.96. The van der Waals surface area contributed by atoms with Crippen LogP contribution in [0.25, 0.3) is 10.2 Å². The third kappa shape index (κ3) is 4.24. The summed E-state index contributed by atoms with van der Waals surface area (Å²) in [6, 6.07) is 25.5. The molecule has 0 saturated carbocycles. The number of aliphatic imine (C=N–C) groups is 1. The molecule has 0 fully saturated rings. The Balaban J connectivity index is 1.62. The van der Waals surface area contributed by atoms with Gasteiger partial charge in [-0.15, -0.1) is 11.3 Å².